The van der Waals surface area contributed by atoms with Gasteiger partial charge in [0.05, 0.1) is 26.4 Å². The van der Waals surface area contributed by atoms with Gasteiger partial charge >= 0.3 is 0 Å². The molecule has 0 aromatic heterocycles. The summed E-state index contributed by atoms with van der Waals surface area (Å²) >= 11 is 6.05. The minimum absolute atomic E-state index is 0.106. The molecule has 0 unspecified atom stereocenters. The number of hydrogen-bond donors (Lipinski definition) is 1. The first-order valence-corrected chi connectivity index (χ1v) is 14.7. The molecule has 0 bridgehead atoms. The summed E-state index contributed by atoms with van der Waals surface area (Å²) < 4.78 is 23.9. The Bertz CT molecular complexity index is 1280. The first-order chi connectivity index (χ1) is 20.1. The predicted molar refractivity (Wildman–Crippen MR) is 157 cm³/mol. The van der Waals surface area contributed by atoms with Gasteiger partial charge < -0.3 is 29.0 Å². The number of rotatable bonds is 12. The van der Waals surface area contributed by atoms with Crippen molar-refractivity contribution in [2.75, 3.05) is 27.1 Å². The zero-order valence-electron chi connectivity index (χ0n) is 23.5. The average molecular weight is 580 g/mol. The Hall–Kier alpha value is -3.10. The molecule has 0 radical (unpaired) electrons. The van der Waals surface area contributed by atoms with E-state index in [1.54, 1.807) is 7.11 Å². The fourth-order valence-electron chi connectivity index (χ4n) is 5.83. The standard InChI is InChI=1S/C33H38ClNO6/c1-38-30-16-13-26-18-35(33(37)31(25-9-3-2-4-10-25)40-19-23-7-5-6-8-23)28(21-39-22-36)17-29(26)32(30)41-20-24-11-14-27(34)15-12-24/h2-4,9-16,23,28,31,36H,5-8,17-22H2,1H3/t28-,31+/m1/s1. The maximum atomic E-state index is 14.2. The smallest absolute Gasteiger partial charge is 0.256 e. The van der Waals surface area contributed by atoms with Crippen LogP contribution in [0.15, 0.2) is 66.7 Å². The second kappa shape index (κ2) is 14.2. The lowest BCUT2D eigenvalue weighted by molar-refractivity contribution is -0.151. The highest BCUT2D eigenvalue weighted by atomic mass is 35.5. The van der Waals surface area contributed by atoms with Crippen molar-refractivity contribution in [3.8, 4) is 11.5 Å². The first-order valence-electron chi connectivity index (χ1n) is 14.3. The molecule has 8 heteroatoms. The molecule has 3 aromatic rings. The second-order valence-electron chi connectivity index (χ2n) is 10.7. The average Bonchev–Trinajstić information content (AvgIpc) is 3.53. The maximum absolute atomic E-state index is 14.2. The summed E-state index contributed by atoms with van der Waals surface area (Å²) in [6, 6.07) is 20.8. The lowest BCUT2D eigenvalue weighted by Gasteiger charge is -2.39. The number of ether oxygens (including phenoxy) is 4. The van der Waals surface area contributed by atoms with E-state index in [4.69, 9.17) is 30.5 Å². The van der Waals surface area contributed by atoms with Crippen molar-refractivity contribution in [3.05, 3.63) is 94.0 Å². The van der Waals surface area contributed by atoms with Crippen molar-refractivity contribution < 1.29 is 28.8 Å². The van der Waals surface area contributed by atoms with E-state index < -0.39 is 12.9 Å². The fraction of sp³-hybridized carbons (Fsp3) is 0.424. The van der Waals surface area contributed by atoms with Gasteiger partial charge in [0.1, 0.15) is 13.4 Å². The van der Waals surface area contributed by atoms with Gasteiger partial charge in [-0.2, -0.15) is 0 Å². The van der Waals surface area contributed by atoms with E-state index in [1.807, 2.05) is 71.6 Å². The SMILES string of the molecule is COc1ccc2c(c1OCc1ccc(Cl)cc1)C[C@H](COCO)N(C(=O)[C@@H](OCC1CCCC1)c1ccccc1)C2. The molecular formula is C33H38ClNO6. The van der Waals surface area contributed by atoms with Gasteiger partial charge in [-0.1, -0.05) is 73.0 Å². The topological polar surface area (TPSA) is 77.5 Å². The van der Waals surface area contributed by atoms with Gasteiger partial charge in [-0.3, -0.25) is 4.79 Å². The zero-order chi connectivity index (χ0) is 28.6. The summed E-state index contributed by atoms with van der Waals surface area (Å²) in [5.74, 6) is 1.66. The number of benzene rings is 3. The number of hydrogen-bond acceptors (Lipinski definition) is 6. The number of amides is 1. The summed E-state index contributed by atoms with van der Waals surface area (Å²) in [6.45, 7) is 1.03. The van der Waals surface area contributed by atoms with Crippen LogP contribution in [0.4, 0.5) is 0 Å². The molecule has 218 valence electrons. The van der Waals surface area contributed by atoms with Crippen LogP contribution < -0.4 is 9.47 Å². The summed E-state index contributed by atoms with van der Waals surface area (Å²) in [7, 11) is 1.62. The molecule has 41 heavy (non-hydrogen) atoms. The van der Waals surface area contributed by atoms with Crippen LogP contribution in [0, 0.1) is 5.92 Å². The number of aliphatic hydroxyl groups is 1. The minimum Gasteiger partial charge on any atom is -0.493 e. The Kier molecular flexibility index (Phi) is 10.2. The Morgan fingerprint density at radius 3 is 2.49 bits per heavy atom. The van der Waals surface area contributed by atoms with E-state index in [-0.39, 0.29) is 18.6 Å². The fourth-order valence-corrected chi connectivity index (χ4v) is 5.95. The highest BCUT2D eigenvalue weighted by molar-refractivity contribution is 6.30. The van der Waals surface area contributed by atoms with Gasteiger partial charge in [-0.25, -0.2) is 0 Å². The van der Waals surface area contributed by atoms with E-state index in [9.17, 15) is 9.90 Å². The van der Waals surface area contributed by atoms with Crippen molar-refractivity contribution in [1.82, 2.24) is 4.90 Å². The third-order valence-corrected chi connectivity index (χ3v) is 8.30. The summed E-state index contributed by atoms with van der Waals surface area (Å²) in [5, 5.41) is 10.1. The molecule has 1 heterocycles. The van der Waals surface area contributed by atoms with E-state index in [2.05, 4.69) is 0 Å². The van der Waals surface area contributed by atoms with Gasteiger partial charge in [0.25, 0.3) is 5.91 Å². The molecule has 5 rings (SSSR count). The minimum atomic E-state index is -0.714. The third kappa shape index (κ3) is 7.22. The molecule has 1 aliphatic carbocycles. The second-order valence-corrected chi connectivity index (χ2v) is 11.2. The van der Waals surface area contributed by atoms with Crippen LogP contribution in [0.3, 0.4) is 0 Å². The van der Waals surface area contributed by atoms with Gasteiger partial charge in [0.2, 0.25) is 0 Å². The molecule has 1 saturated carbocycles. The van der Waals surface area contributed by atoms with Crippen LogP contribution in [0.1, 0.15) is 54.0 Å². The van der Waals surface area contributed by atoms with Crippen molar-refractivity contribution in [3.63, 3.8) is 0 Å². The molecule has 2 aliphatic rings. The molecule has 0 saturated heterocycles. The molecule has 1 amide bonds. The van der Waals surface area contributed by atoms with Crippen molar-refractivity contribution in [1.29, 1.82) is 0 Å². The van der Waals surface area contributed by atoms with Crippen LogP contribution in [0.5, 0.6) is 11.5 Å². The monoisotopic (exact) mass is 579 g/mol. The first kappa shape index (κ1) is 29.4. The molecule has 7 nitrogen and oxygen atoms in total. The molecule has 0 spiro atoms. The van der Waals surface area contributed by atoms with E-state index in [0.717, 1.165) is 35.1 Å². The number of carbonyl (C=O) groups excluding carboxylic acids is 1. The van der Waals surface area contributed by atoms with E-state index in [0.29, 0.717) is 48.6 Å². The van der Waals surface area contributed by atoms with Gasteiger partial charge in [-0.05, 0) is 60.1 Å². The van der Waals surface area contributed by atoms with Gasteiger partial charge in [0.15, 0.2) is 17.6 Å². The van der Waals surface area contributed by atoms with Crippen LogP contribution in [0.25, 0.3) is 0 Å². The van der Waals surface area contributed by atoms with Crippen molar-refractivity contribution >= 4 is 17.5 Å². The summed E-state index contributed by atoms with van der Waals surface area (Å²) in [6.07, 6.45) is 4.48. The number of nitrogens with zero attached hydrogens (tertiary/aromatic N) is 1. The van der Waals surface area contributed by atoms with E-state index in [1.165, 1.54) is 12.8 Å². The third-order valence-electron chi connectivity index (χ3n) is 8.04. The Morgan fingerprint density at radius 1 is 1.02 bits per heavy atom. The lowest BCUT2D eigenvalue weighted by Crippen LogP contribution is -2.49. The van der Waals surface area contributed by atoms with Crippen LogP contribution in [-0.2, 0) is 33.8 Å². The van der Waals surface area contributed by atoms with Gasteiger partial charge in [0, 0.05) is 17.1 Å². The Morgan fingerprint density at radius 2 is 1.78 bits per heavy atom. The van der Waals surface area contributed by atoms with Crippen molar-refractivity contribution in [2.45, 2.75) is 57.4 Å². The molecule has 3 aromatic carbocycles. The summed E-state index contributed by atoms with van der Waals surface area (Å²) in [4.78, 5) is 16.1. The molecule has 2 atom stereocenters. The molecular weight excluding hydrogens is 542 g/mol. The highest BCUT2D eigenvalue weighted by Gasteiger charge is 2.37. The number of aliphatic hydroxyl groups excluding tert-OH is 1. The molecule has 1 aliphatic heterocycles. The lowest BCUT2D eigenvalue weighted by atomic mass is 9.92. The number of halogens is 1. The normalized spacial score (nSPS) is 17.7. The molecule has 1 fully saturated rings. The summed E-state index contributed by atoms with van der Waals surface area (Å²) in [5.41, 5.74) is 3.77. The number of methoxy groups -OCH3 is 1. The Balaban J connectivity index is 1.42. The quantitative estimate of drug-likeness (QED) is 0.261. The maximum Gasteiger partial charge on any atom is 0.256 e. The number of carbonyl (C=O) groups is 1. The Labute approximate surface area is 246 Å². The van der Waals surface area contributed by atoms with Gasteiger partial charge in [-0.15, -0.1) is 0 Å². The van der Waals surface area contributed by atoms with Crippen LogP contribution >= 0.6 is 11.6 Å². The van der Waals surface area contributed by atoms with Crippen LogP contribution in [0.2, 0.25) is 5.02 Å². The molecule has 1 N–H and O–H groups in total. The largest absolute Gasteiger partial charge is 0.493 e. The van der Waals surface area contributed by atoms with E-state index >= 15 is 0 Å². The highest BCUT2D eigenvalue weighted by Crippen LogP contribution is 2.40. The number of fused-ring (bicyclic) bond motifs is 1. The predicted octanol–water partition coefficient (Wildman–Crippen LogP) is 6.10. The zero-order valence-corrected chi connectivity index (χ0v) is 24.2. The van der Waals surface area contributed by atoms with Crippen LogP contribution in [-0.4, -0.2) is 49.1 Å². The van der Waals surface area contributed by atoms with Crippen molar-refractivity contribution in [2.24, 2.45) is 5.92 Å².